The van der Waals surface area contributed by atoms with Crippen LogP contribution in [0.2, 0.25) is 0 Å². The number of nitrogens with one attached hydrogen (secondary N) is 1. The highest BCUT2D eigenvalue weighted by atomic mass is 16.5. The molecule has 4 N–H and O–H groups in total. The van der Waals surface area contributed by atoms with Gasteiger partial charge in [0, 0.05) is 12.6 Å². The summed E-state index contributed by atoms with van der Waals surface area (Å²) in [5, 5.41) is 12.1. The molecule has 0 radical (unpaired) electrons. The number of ether oxygens (including phenoxy) is 1. The number of hydrogen-bond acceptors (Lipinski definition) is 6. The highest BCUT2D eigenvalue weighted by Gasteiger charge is 2.08. The molecular weight excluding hydrogens is 196 g/mol. The van der Waals surface area contributed by atoms with Crippen LogP contribution in [0, 0.1) is 0 Å². The first kappa shape index (κ1) is 11.7. The van der Waals surface area contributed by atoms with E-state index in [1.54, 1.807) is 26.4 Å². The first-order valence-corrected chi connectivity index (χ1v) is 4.67. The topological polar surface area (TPSA) is 93.3 Å². The smallest absolute Gasteiger partial charge is 0.222 e. The van der Waals surface area contributed by atoms with Crippen molar-refractivity contribution >= 4 is 5.95 Å². The number of nitrogens with two attached hydrogens (primary N) is 1. The summed E-state index contributed by atoms with van der Waals surface area (Å²) >= 11 is 0. The molecule has 6 heteroatoms. The highest BCUT2D eigenvalue weighted by molar-refractivity contribution is 5.27. The molecule has 0 aliphatic heterocycles. The van der Waals surface area contributed by atoms with Crippen LogP contribution in [0.4, 0.5) is 5.95 Å². The van der Waals surface area contributed by atoms with Gasteiger partial charge in [0.2, 0.25) is 5.95 Å². The summed E-state index contributed by atoms with van der Waals surface area (Å²) in [5.74, 6) is 1.06. The van der Waals surface area contributed by atoms with Gasteiger partial charge < -0.3 is 20.9 Å². The molecule has 0 amide bonds. The Kier molecular flexibility index (Phi) is 4.26. The highest BCUT2D eigenvalue weighted by Crippen LogP contribution is 2.06. The molecule has 1 rings (SSSR count). The second-order valence-corrected chi connectivity index (χ2v) is 3.23. The minimum absolute atomic E-state index is 0.337. The fourth-order valence-corrected chi connectivity index (χ4v) is 0.893. The standard InChI is InChI=1S/C9H16N4O2/c1-6(14)8(10)5-13-9-11-3-7(15-2)4-12-9/h3-4,6,8,14H,5,10H2,1-2H3,(H,11,12,13). The molecule has 1 aromatic rings. The lowest BCUT2D eigenvalue weighted by atomic mass is 10.2. The molecule has 1 heterocycles. The van der Waals surface area contributed by atoms with E-state index in [9.17, 15) is 0 Å². The Morgan fingerprint density at radius 2 is 2.13 bits per heavy atom. The van der Waals surface area contributed by atoms with Crippen molar-refractivity contribution in [3.05, 3.63) is 12.4 Å². The van der Waals surface area contributed by atoms with Gasteiger partial charge in [0.15, 0.2) is 5.75 Å². The maximum atomic E-state index is 9.16. The quantitative estimate of drug-likeness (QED) is 0.615. The Morgan fingerprint density at radius 3 is 2.60 bits per heavy atom. The molecular formula is C9H16N4O2. The Balaban J connectivity index is 2.44. The van der Waals surface area contributed by atoms with E-state index < -0.39 is 6.10 Å². The number of aliphatic hydroxyl groups is 1. The molecule has 2 unspecified atom stereocenters. The number of hydrogen-bond donors (Lipinski definition) is 3. The van der Waals surface area contributed by atoms with Crippen LogP contribution in [-0.2, 0) is 0 Å². The number of anilines is 1. The average molecular weight is 212 g/mol. The third-order valence-corrected chi connectivity index (χ3v) is 1.98. The lowest BCUT2D eigenvalue weighted by molar-refractivity contribution is 0.168. The van der Waals surface area contributed by atoms with Crippen LogP contribution in [0.25, 0.3) is 0 Å². The van der Waals surface area contributed by atoms with Gasteiger partial charge in [-0.3, -0.25) is 0 Å². The third-order valence-electron chi connectivity index (χ3n) is 1.98. The van der Waals surface area contributed by atoms with Crippen LogP contribution >= 0.6 is 0 Å². The van der Waals surface area contributed by atoms with Crippen molar-refractivity contribution in [2.24, 2.45) is 5.73 Å². The Hall–Kier alpha value is -1.40. The van der Waals surface area contributed by atoms with Crippen LogP contribution < -0.4 is 15.8 Å². The zero-order valence-corrected chi connectivity index (χ0v) is 8.84. The van der Waals surface area contributed by atoms with Crippen LogP contribution in [0.3, 0.4) is 0 Å². The summed E-state index contributed by atoms with van der Waals surface area (Å²) in [6, 6.07) is -0.337. The number of nitrogens with zero attached hydrogens (tertiary/aromatic N) is 2. The molecule has 15 heavy (non-hydrogen) atoms. The normalized spacial score (nSPS) is 14.4. The van der Waals surface area contributed by atoms with Gasteiger partial charge in [-0.25, -0.2) is 9.97 Å². The maximum absolute atomic E-state index is 9.16. The van der Waals surface area contributed by atoms with Crippen LogP contribution in [-0.4, -0.2) is 40.9 Å². The zero-order valence-electron chi connectivity index (χ0n) is 8.84. The van der Waals surface area contributed by atoms with Gasteiger partial charge in [-0.15, -0.1) is 0 Å². The molecule has 6 nitrogen and oxygen atoms in total. The lowest BCUT2D eigenvalue weighted by Gasteiger charge is -2.14. The van der Waals surface area contributed by atoms with E-state index in [1.165, 1.54) is 0 Å². The minimum atomic E-state index is -0.559. The monoisotopic (exact) mass is 212 g/mol. The number of methoxy groups -OCH3 is 1. The summed E-state index contributed by atoms with van der Waals surface area (Å²) in [6.45, 7) is 2.06. The van der Waals surface area contributed by atoms with E-state index in [0.717, 1.165) is 0 Å². The predicted molar refractivity (Wildman–Crippen MR) is 56.7 cm³/mol. The molecule has 0 aliphatic carbocycles. The van der Waals surface area contributed by atoms with Crippen molar-refractivity contribution in [2.45, 2.75) is 19.1 Å². The van der Waals surface area contributed by atoms with Crippen molar-refractivity contribution in [3.8, 4) is 5.75 Å². The SMILES string of the molecule is COc1cnc(NCC(N)C(C)O)nc1. The summed E-state index contributed by atoms with van der Waals surface area (Å²) in [7, 11) is 1.55. The van der Waals surface area contributed by atoms with E-state index in [-0.39, 0.29) is 6.04 Å². The van der Waals surface area contributed by atoms with Gasteiger partial charge in [-0.2, -0.15) is 0 Å². The Labute approximate surface area is 88.5 Å². The van der Waals surface area contributed by atoms with Crippen LogP contribution in [0.5, 0.6) is 5.75 Å². The minimum Gasteiger partial charge on any atom is -0.494 e. The summed E-state index contributed by atoms with van der Waals surface area (Å²) in [5.41, 5.74) is 5.63. The van der Waals surface area contributed by atoms with E-state index in [2.05, 4.69) is 15.3 Å². The molecule has 0 spiro atoms. The van der Waals surface area contributed by atoms with Crippen LogP contribution in [0.15, 0.2) is 12.4 Å². The van der Waals surface area contributed by atoms with Gasteiger partial charge in [0.1, 0.15) is 0 Å². The maximum Gasteiger partial charge on any atom is 0.222 e. The van der Waals surface area contributed by atoms with Crippen LogP contribution in [0.1, 0.15) is 6.92 Å². The first-order valence-electron chi connectivity index (χ1n) is 4.67. The van der Waals surface area contributed by atoms with E-state index in [1.807, 2.05) is 0 Å². The van der Waals surface area contributed by atoms with Gasteiger partial charge in [-0.1, -0.05) is 0 Å². The van der Waals surface area contributed by atoms with Gasteiger partial charge in [0.05, 0.1) is 25.6 Å². The molecule has 0 aromatic carbocycles. The summed E-state index contributed by atoms with van der Waals surface area (Å²) in [6.07, 6.45) is 2.56. The van der Waals surface area contributed by atoms with Gasteiger partial charge >= 0.3 is 0 Å². The molecule has 2 atom stereocenters. The van der Waals surface area contributed by atoms with E-state index in [4.69, 9.17) is 15.6 Å². The molecule has 0 saturated heterocycles. The van der Waals surface area contributed by atoms with Gasteiger partial charge in [0.25, 0.3) is 0 Å². The summed E-state index contributed by atoms with van der Waals surface area (Å²) < 4.78 is 4.92. The lowest BCUT2D eigenvalue weighted by Crippen LogP contribution is -2.38. The number of rotatable bonds is 5. The molecule has 0 saturated carbocycles. The molecule has 0 aliphatic rings. The number of aliphatic hydroxyl groups excluding tert-OH is 1. The second kappa shape index (κ2) is 5.47. The van der Waals surface area contributed by atoms with E-state index in [0.29, 0.717) is 18.2 Å². The summed E-state index contributed by atoms with van der Waals surface area (Å²) in [4.78, 5) is 7.99. The molecule has 0 bridgehead atoms. The fourth-order valence-electron chi connectivity index (χ4n) is 0.893. The fraction of sp³-hybridized carbons (Fsp3) is 0.556. The Morgan fingerprint density at radius 1 is 1.53 bits per heavy atom. The molecule has 84 valence electrons. The van der Waals surface area contributed by atoms with Crippen molar-refractivity contribution < 1.29 is 9.84 Å². The average Bonchev–Trinajstić information content (AvgIpc) is 2.26. The molecule has 0 fully saturated rings. The zero-order chi connectivity index (χ0) is 11.3. The predicted octanol–water partition coefficient (Wildman–Crippen LogP) is -0.395. The van der Waals surface area contributed by atoms with Crippen molar-refractivity contribution in [2.75, 3.05) is 19.0 Å². The third kappa shape index (κ3) is 3.69. The molecule has 1 aromatic heterocycles. The van der Waals surface area contributed by atoms with E-state index >= 15 is 0 Å². The largest absolute Gasteiger partial charge is 0.494 e. The second-order valence-electron chi connectivity index (χ2n) is 3.23. The van der Waals surface area contributed by atoms with Gasteiger partial charge in [-0.05, 0) is 6.92 Å². The van der Waals surface area contributed by atoms with Crippen molar-refractivity contribution in [3.63, 3.8) is 0 Å². The first-order chi connectivity index (χ1) is 7.13. The van der Waals surface area contributed by atoms with Crippen molar-refractivity contribution in [1.29, 1.82) is 0 Å². The Bertz CT molecular complexity index is 289. The number of aromatic nitrogens is 2. The van der Waals surface area contributed by atoms with Crippen molar-refractivity contribution in [1.82, 2.24) is 9.97 Å².